The highest BCUT2D eigenvalue weighted by atomic mass is 16.6. The van der Waals surface area contributed by atoms with Crippen LogP contribution in [0.4, 0.5) is 0 Å². The summed E-state index contributed by atoms with van der Waals surface area (Å²) in [5, 5.41) is 0. The Bertz CT molecular complexity index is 970. The summed E-state index contributed by atoms with van der Waals surface area (Å²) in [5.74, 6) is 0. The van der Waals surface area contributed by atoms with Gasteiger partial charge < -0.3 is 19.0 Å². The van der Waals surface area contributed by atoms with Crippen molar-refractivity contribution in [3.05, 3.63) is 132 Å². The Balaban J connectivity index is 1.79. The van der Waals surface area contributed by atoms with E-state index < -0.39 is 18.3 Å². The standard InChI is InChI=1S/C29H30O4/c1-2-3-19-27(31-21-24-13-7-4-8-14-24)29(33-23-26-17-11-6-12-18-26)28(20-30)32-22-25-15-9-5-10-16-25/h2-20,27-29H,1,21-23H2. The summed E-state index contributed by atoms with van der Waals surface area (Å²) in [6.45, 7) is 4.77. The van der Waals surface area contributed by atoms with Crippen LogP contribution in [0.5, 0.6) is 0 Å². The van der Waals surface area contributed by atoms with E-state index in [2.05, 4.69) is 6.58 Å². The lowest BCUT2D eigenvalue weighted by atomic mass is 10.1. The zero-order valence-electron chi connectivity index (χ0n) is 18.7. The molecule has 170 valence electrons. The van der Waals surface area contributed by atoms with E-state index in [1.165, 1.54) is 0 Å². The average Bonchev–Trinajstić information content (AvgIpc) is 2.88. The third-order valence-corrected chi connectivity index (χ3v) is 5.07. The minimum absolute atomic E-state index is 0.298. The normalized spacial score (nSPS) is 13.9. The molecule has 3 rings (SSSR count). The van der Waals surface area contributed by atoms with Crippen LogP contribution < -0.4 is 0 Å². The summed E-state index contributed by atoms with van der Waals surface area (Å²) in [6.07, 6.45) is 4.14. The zero-order valence-corrected chi connectivity index (χ0v) is 18.7. The number of aldehydes is 1. The van der Waals surface area contributed by atoms with Crippen LogP contribution in [-0.4, -0.2) is 24.6 Å². The van der Waals surface area contributed by atoms with Crippen molar-refractivity contribution in [1.29, 1.82) is 0 Å². The van der Waals surface area contributed by atoms with Crippen LogP contribution in [0.3, 0.4) is 0 Å². The van der Waals surface area contributed by atoms with E-state index in [0.717, 1.165) is 23.0 Å². The molecule has 4 nitrogen and oxygen atoms in total. The second-order valence-electron chi connectivity index (χ2n) is 7.54. The largest absolute Gasteiger partial charge is 0.367 e. The molecule has 0 saturated heterocycles. The maximum Gasteiger partial charge on any atom is 0.151 e. The molecule has 0 aromatic heterocycles. The fourth-order valence-corrected chi connectivity index (χ4v) is 3.34. The van der Waals surface area contributed by atoms with Crippen molar-refractivity contribution >= 4 is 6.29 Å². The molecule has 0 radical (unpaired) electrons. The van der Waals surface area contributed by atoms with Gasteiger partial charge in [-0.25, -0.2) is 0 Å². The minimum atomic E-state index is -0.816. The van der Waals surface area contributed by atoms with Crippen LogP contribution in [0.2, 0.25) is 0 Å². The molecule has 0 aliphatic heterocycles. The highest BCUT2D eigenvalue weighted by Crippen LogP contribution is 2.19. The molecule has 0 heterocycles. The lowest BCUT2D eigenvalue weighted by molar-refractivity contribution is -0.151. The summed E-state index contributed by atoms with van der Waals surface area (Å²) in [7, 11) is 0. The van der Waals surface area contributed by atoms with Crippen LogP contribution in [-0.2, 0) is 38.8 Å². The third kappa shape index (κ3) is 8.28. The summed E-state index contributed by atoms with van der Waals surface area (Å²) in [5.41, 5.74) is 3.02. The Morgan fingerprint density at radius 3 is 1.48 bits per heavy atom. The van der Waals surface area contributed by atoms with Crippen molar-refractivity contribution in [2.75, 3.05) is 0 Å². The molecule has 0 saturated carbocycles. The predicted octanol–water partition coefficient (Wildman–Crippen LogP) is 5.68. The fraction of sp³-hybridized carbons (Fsp3) is 0.207. The van der Waals surface area contributed by atoms with Gasteiger partial charge in [0.1, 0.15) is 18.3 Å². The molecule has 3 aromatic carbocycles. The van der Waals surface area contributed by atoms with Gasteiger partial charge >= 0.3 is 0 Å². The van der Waals surface area contributed by atoms with Gasteiger partial charge in [-0.1, -0.05) is 116 Å². The second kappa shape index (κ2) is 14.0. The maximum absolute atomic E-state index is 12.1. The molecule has 0 fully saturated rings. The summed E-state index contributed by atoms with van der Waals surface area (Å²) >= 11 is 0. The molecule has 3 atom stereocenters. The average molecular weight is 443 g/mol. The van der Waals surface area contributed by atoms with Crippen molar-refractivity contribution in [2.24, 2.45) is 0 Å². The molecule has 0 spiro atoms. The van der Waals surface area contributed by atoms with Gasteiger partial charge in [0.15, 0.2) is 6.29 Å². The Morgan fingerprint density at radius 1 is 0.636 bits per heavy atom. The fourth-order valence-electron chi connectivity index (χ4n) is 3.34. The van der Waals surface area contributed by atoms with E-state index in [4.69, 9.17) is 14.2 Å². The molecule has 3 aromatic rings. The minimum Gasteiger partial charge on any atom is -0.367 e. The smallest absolute Gasteiger partial charge is 0.151 e. The summed E-state index contributed by atoms with van der Waals surface area (Å²) in [4.78, 5) is 12.1. The van der Waals surface area contributed by atoms with Gasteiger partial charge in [0, 0.05) is 0 Å². The lowest BCUT2D eigenvalue weighted by Crippen LogP contribution is -2.42. The van der Waals surface area contributed by atoms with Crippen LogP contribution in [0.25, 0.3) is 0 Å². The Hall–Kier alpha value is -3.31. The first kappa shape index (κ1) is 24.3. The number of carbonyl (C=O) groups is 1. The van der Waals surface area contributed by atoms with Gasteiger partial charge in [0.2, 0.25) is 0 Å². The number of hydrogen-bond donors (Lipinski definition) is 0. The summed E-state index contributed by atoms with van der Waals surface area (Å²) < 4.78 is 18.5. The van der Waals surface area contributed by atoms with E-state index in [9.17, 15) is 4.79 Å². The number of rotatable bonds is 14. The van der Waals surface area contributed by atoms with E-state index >= 15 is 0 Å². The van der Waals surface area contributed by atoms with Gasteiger partial charge in [-0.2, -0.15) is 0 Å². The second-order valence-corrected chi connectivity index (χ2v) is 7.54. The highest BCUT2D eigenvalue weighted by molar-refractivity contribution is 5.57. The first-order valence-electron chi connectivity index (χ1n) is 11.0. The topological polar surface area (TPSA) is 44.8 Å². The van der Waals surface area contributed by atoms with Gasteiger partial charge in [-0.05, 0) is 16.7 Å². The van der Waals surface area contributed by atoms with Crippen LogP contribution in [0.15, 0.2) is 116 Å². The lowest BCUT2D eigenvalue weighted by Gasteiger charge is -2.29. The van der Waals surface area contributed by atoms with Crippen molar-refractivity contribution in [3.63, 3.8) is 0 Å². The molecule has 4 heteroatoms. The van der Waals surface area contributed by atoms with E-state index in [-0.39, 0.29) is 0 Å². The number of benzene rings is 3. The van der Waals surface area contributed by atoms with Crippen LogP contribution in [0.1, 0.15) is 16.7 Å². The Kier molecular flexibility index (Phi) is 10.3. The molecule has 3 unspecified atom stereocenters. The zero-order chi connectivity index (χ0) is 23.1. The monoisotopic (exact) mass is 442 g/mol. The maximum atomic E-state index is 12.1. The highest BCUT2D eigenvalue weighted by Gasteiger charge is 2.31. The molecule has 0 bridgehead atoms. The number of allylic oxidation sites excluding steroid dienone is 2. The predicted molar refractivity (Wildman–Crippen MR) is 130 cm³/mol. The van der Waals surface area contributed by atoms with E-state index in [0.29, 0.717) is 19.8 Å². The molecule has 0 aliphatic rings. The first-order chi connectivity index (χ1) is 16.3. The quantitative estimate of drug-likeness (QED) is 0.238. The Labute approximate surface area is 196 Å². The van der Waals surface area contributed by atoms with E-state index in [1.807, 2.05) is 97.1 Å². The molecular weight excluding hydrogens is 412 g/mol. The molecule has 0 amide bonds. The van der Waals surface area contributed by atoms with Gasteiger partial charge in [0.25, 0.3) is 0 Å². The van der Waals surface area contributed by atoms with Crippen molar-refractivity contribution in [3.8, 4) is 0 Å². The number of ether oxygens (including phenoxy) is 3. The van der Waals surface area contributed by atoms with Gasteiger partial charge in [-0.3, -0.25) is 0 Å². The van der Waals surface area contributed by atoms with Crippen molar-refractivity contribution in [2.45, 2.75) is 38.1 Å². The molecule has 33 heavy (non-hydrogen) atoms. The number of carbonyl (C=O) groups excluding carboxylic acids is 1. The van der Waals surface area contributed by atoms with Crippen LogP contribution in [0, 0.1) is 0 Å². The SMILES string of the molecule is C=CC=CC(OCc1ccccc1)C(OCc1ccccc1)C(C=O)OCc1ccccc1. The molecule has 0 aliphatic carbocycles. The Morgan fingerprint density at radius 2 is 1.06 bits per heavy atom. The van der Waals surface area contributed by atoms with Crippen molar-refractivity contribution in [1.82, 2.24) is 0 Å². The van der Waals surface area contributed by atoms with Gasteiger partial charge in [-0.15, -0.1) is 0 Å². The third-order valence-electron chi connectivity index (χ3n) is 5.07. The van der Waals surface area contributed by atoms with Crippen LogP contribution >= 0.6 is 0 Å². The van der Waals surface area contributed by atoms with Crippen molar-refractivity contribution < 1.29 is 19.0 Å². The van der Waals surface area contributed by atoms with Gasteiger partial charge in [0.05, 0.1) is 19.8 Å². The summed E-state index contributed by atoms with van der Waals surface area (Å²) in [6, 6.07) is 29.5. The number of hydrogen-bond acceptors (Lipinski definition) is 4. The molecular formula is C29H30O4. The molecule has 0 N–H and O–H groups in total. The van der Waals surface area contributed by atoms with E-state index in [1.54, 1.807) is 12.2 Å². The first-order valence-corrected chi connectivity index (χ1v) is 11.0.